The van der Waals surface area contributed by atoms with Crippen LogP contribution in [0.2, 0.25) is 0 Å². The van der Waals surface area contributed by atoms with E-state index in [2.05, 4.69) is 10.1 Å². The molecule has 0 unspecified atom stereocenters. The smallest absolute Gasteiger partial charge is 0.354 e. The summed E-state index contributed by atoms with van der Waals surface area (Å²) in [5, 5.41) is 2.87. The van der Waals surface area contributed by atoms with Crippen LogP contribution in [0.1, 0.15) is 29.8 Å². The molecule has 1 aliphatic carbocycles. The molecule has 1 saturated carbocycles. The summed E-state index contributed by atoms with van der Waals surface area (Å²) in [5.41, 5.74) is 6.71. The molecule has 1 fully saturated rings. The summed E-state index contributed by atoms with van der Waals surface area (Å²) < 4.78 is 6.32. The number of anilines is 1. The number of hydrogen-bond donors (Lipinski definition) is 2. The van der Waals surface area contributed by atoms with Crippen molar-refractivity contribution in [1.29, 1.82) is 0 Å². The number of nitrogens with one attached hydrogen (secondary N) is 1. The van der Waals surface area contributed by atoms with Gasteiger partial charge in [0.15, 0.2) is 0 Å². The molecule has 1 aromatic heterocycles. The molecule has 0 radical (unpaired) electrons. The van der Waals surface area contributed by atoms with Gasteiger partial charge < -0.3 is 20.4 Å². The van der Waals surface area contributed by atoms with Gasteiger partial charge in [0.2, 0.25) is 5.91 Å². The minimum Gasteiger partial charge on any atom is -0.464 e. The highest BCUT2D eigenvalue weighted by Crippen LogP contribution is 2.32. The Labute approximate surface area is 130 Å². The molecule has 0 aromatic carbocycles. The first-order chi connectivity index (χ1) is 9.56. The first-order valence-corrected chi connectivity index (χ1v) is 6.82. The van der Waals surface area contributed by atoms with Gasteiger partial charge >= 0.3 is 5.97 Å². The SMILES string of the molecule is COC(=O)c1cc(NC(=O)[C@@H]2CCC[C@@H]2CN)cn1C.Cl. The van der Waals surface area contributed by atoms with Crippen molar-refractivity contribution in [2.45, 2.75) is 19.3 Å². The number of carbonyl (C=O) groups excluding carboxylic acids is 2. The molecule has 7 heteroatoms. The third-order valence-corrected chi connectivity index (χ3v) is 3.97. The Morgan fingerprint density at radius 1 is 1.48 bits per heavy atom. The average molecular weight is 316 g/mol. The molecule has 1 amide bonds. The summed E-state index contributed by atoms with van der Waals surface area (Å²) in [7, 11) is 3.07. The van der Waals surface area contributed by atoms with Crippen molar-refractivity contribution in [3.8, 4) is 0 Å². The highest BCUT2D eigenvalue weighted by atomic mass is 35.5. The number of aromatic nitrogens is 1. The van der Waals surface area contributed by atoms with Gasteiger partial charge in [0, 0.05) is 19.2 Å². The Kier molecular flexibility index (Phi) is 6.23. The number of nitrogens with zero attached hydrogens (tertiary/aromatic N) is 1. The molecule has 0 spiro atoms. The van der Waals surface area contributed by atoms with Crippen LogP contribution in [0.3, 0.4) is 0 Å². The highest BCUT2D eigenvalue weighted by molar-refractivity contribution is 5.95. The van der Waals surface area contributed by atoms with Crippen molar-refractivity contribution >= 4 is 30.0 Å². The zero-order valence-electron chi connectivity index (χ0n) is 12.3. The summed E-state index contributed by atoms with van der Waals surface area (Å²) in [6.07, 6.45) is 4.64. The molecule has 0 bridgehead atoms. The molecule has 1 heterocycles. The fourth-order valence-electron chi connectivity index (χ4n) is 2.84. The number of ether oxygens (including phenoxy) is 1. The molecule has 2 rings (SSSR count). The zero-order valence-corrected chi connectivity index (χ0v) is 13.1. The fourth-order valence-corrected chi connectivity index (χ4v) is 2.84. The Balaban J connectivity index is 0.00000220. The topological polar surface area (TPSA) is 86.3 Å². The van der Waals surface area contributed by atoms with Crippen molar-refractivity contribution < 1.29 is 14.3 Å². The third kappa shape index (κ3) is 3.77. The van der Waals surface area contributed by atoms with Crippen molar-refractivity contribution in [2.24, 2.45) is 24.6 Å². The molecule has 6 nitrogen and oxygen atoms in total. The molecule has 2 atom stereocenters. The maximum atomic E-state index is 12.3. The Morgan fingerprint density at radius 2 is 2.19 bits per heavy atom. The molecule has 118 valence electrons. The fraction of sp³-hybridized carbons (Fsp3) is 0.571. The average Bonchev–Trinajstić information content (AvgIpc) is 3.04. The number of methoxy groups -OCH3 is 1. The maximum Gasteiger partial charge on any atom is 0.354 e. The van der Waals surface area contributed by atoms with Gasteiger partial charge in [-0.2, -0.15) is 0 Å². The lowest BCUT2D eigenvalue weighted by Crippen LogP contribution is -2.29. The minimum absolute atomic E-state index is 0. The van der Waals surface area contributed by atoms with E-state index in [4.69, 9.17) is 5.73 Å². The summed E-state index contributed by atoms with van der Waals surface area (Å²) in [6.45, 7) is 0.542. The predicted molar refractivity (Wildman–Crippen MR) is 82.5 cm³/mol. The van der Waals surface area contributed by atoms with Crippen molar-refractivity contribution in [3.63, 3.8) is 0 Å². The second kappa shape index (κ2) is 7.47. The second-order valence-electron chi connectivity index (χ2n) is 5.24. The summed E-state index contributed by atoms with van der Waals surface area (Å²) in [5.74, 6) is -0.200. The lowest BCUT2D eigenvalue weighted by atomic mass is 9.95. The number of hydrogen-bond acceptors (Lipinski definition) is 4. The molecular weight excluding hydrogens is 294 g/mol. The van der Waals surface area contributed by atoms with E-state index in [1.807, 2.05) is 0 Å². The van der Waals surface area contributed by atoms with Gasteiger partial charge in [0.1, 0.15) is 5.69 Å². The minimum atomic E-state index is -0.422. The van der Waals surface area contributed by atoms with E-state index in [0.717, 1.165) is 19.3 Å². The van der Waals surface area contributed by atoms with Crippen LogP contribution in [0.15, 0.2) is 12.3 Å². The quantitative estimate of drug-likeness (QED) is 0.825. The first kappa shape index (κ1) is 17.5. The van der Waals surface area contributed by atoms with E-state index in [-0.39, 0.29) is 30.2 Å². The van der Waals surface area contributed by atoms with Crippen LogP contribution in [-0.4, -0.2) is 30.1 Å². The van der Waals surface area contributed by atoms with Gasteiger partial charge in [0.05, 0.1) is 12.8 Å². The molecule has 0 saturated heterocycles. The molecular formula is C14H22ClN3O3. The third-order valence-electron chi connectivity index (χ3n) is 3.97. The van der Waals surface area contributed by atoms with Crippen LogP contribution in [0.25, 0.3) is 0 Å². The number of rotatable bonds is 4. The molecule has 3 N–H and O–H groups in total. The largest absolute Gasteiger partial charge is 0.464 e. The number of esters is 1. The number of nitrogens with two attached hydrogens (primary N) is 1. The summed E-state index contributed by atoms with van der Waals surface area (Å²) >= 11 is 0. The lowest BCUT2D eigenvalue weighted by Gasteiger charge is -2.16. The summed E-state index contributed by atoms with van der Waals surface area (Å²) in [4.78, 5) is 23.8. The molecule has 0 aliphatic heterocycles. The van der Waals surface area contributed by atoms with E-state index in [1.165, 1.54) is 7.11 Å². The molecule has 1 aromatic rings. The van der Waals surface area contributed by atoms with E-state index in [1.54, 1.807) is 23.9 Å². The Bertz CT molecular complexity index is 516. The first-order valence-electron chi connectivity index (χ1n) is 6.82. The highest BCUT2D eigenvalue weighted by Gasteiger charge is 2.32. The van der Waals surface area contributed by atoms with Crippen molar-refractivity contribution in [2.75, 3.05) is 19.0 Å². The van der Waals surface area contributed by atoms with Crippen LogP contribution < -0.4 is 11.1 Å². The van der Waals surface area contributed by atoms with E-state index in [9.17, 15) is 9.59 Å². The molecule has 1 aliphatic rings. The number of carbonyl (C=O) groups is 2. The van der Waals surface area contributed by atoms with Gasteiger partial charge in [-0.15, -0.1) is 12.4 Å². The van der Waals surface area contributed by atoms with Crippen LogP contribution in [0.4, 0.5) is 5.69 Å². The van der Waals surface area contributed by atoms with Crippen LogP contribution >= 0.6 is 12.4 Å². The van der Waals surface area contributed by atoms with E-state index in [0.29, 0.717) is 17.9 Å². The van der Waals surface area contributed by atoms with Gasteiger partial charge in [-0.25, -0.2) is 4.79 Å². The standard InChI is InChI=1S/C14H21N3O3.ClH/c1-17-8-10(6-12(17)14(19)20-2)16-13(18)11-5-3-4-9(11)7-15;/h6,8-9,11H,3-5,7,15H2,1-2H3,(H,16,18);1H/t9-,11-;/m1./s1. The Morgan fingerprint density at radius 3 is 2.81 bits per heavy atom. The maximum absolute atomic E-state index is 12.3. The number of amides is 1. The van der Waals surface area contributed by atoms with E-state index < -0.39 is 5.97 Å². The lowest BCUT2D eigenvalue weighted by molar-refractivity contribution is -0.120. The zero-order chi connectivity index (χ0) is 14.7. The number of aryl methyl sites for hydroxylation is 1. The van der Waals surface area contributed by atoms with Crippen LogP contribution in [0, 0.1) is 11.8 Å². The normalized spacial score (nSPS) is 20.7. The monoisotopic (exact) mass is 315 g/mol. The van der Waals surface area contributed by atoms with Crippen LogP contribution in [0.5, 0.6) is 0 Å². The number of halogens is 1. The molecule has 21 heavy (non-hydrogen) atoms. The predicted octanol–water partition coefficient (Wildman–Crippen LogP) is 1.55. The van der Waals surface area contributed by atoms with Gasteiger partial charge in [0.25, 0.3) is 0 Å². The van der Waals surface area contributed by atoms with Crippen LogP contribution in [-0.2, 0) is 16.6 Å². The van der Waals surface area contributed by atoms with Gasteiger partial charge in [-0.05, 0) is 31.4 Å². The van der Waals surface area contributed by atoms with Crippen molar-refractivity contribution in [1.82, 2.24) is 4.57 Å². The summed E-state index contributed by atoms with van der Waals surface area (Å²) in [6, 6.07) is 1.62. The van der Waals surface area contributed by atoms with E-state index >= 15 is 0 Å². The van der Waals surface area contributed by atoms with Gasteiger partial charge in [-0.3, -0.25) is 4.79 Å². The second-order valence-corrected chi connectivity index (χ2v) is 5.24. The Hall–Kier alpha value is -1.53. The van der Waals surface area contributed by atoms with Gasteiger partial charge in [-0.1, -0.05) is 6.42 Å². The van der Waals surface area contributed by atoms with Crippen molar-refractivity contribution in [3.05, 3.63) is 18.0 Å².